The van der Waals surface area contributed by atoms with Crippen molar-refractivity contribution in [3.05, 3.63) is 45.8 Å². The van der Waals surface area contributed by atoms with E-state index < -0.39 is 0 Å². The van der Waals surface area contributed by atoms with E-state index in [9.17, 15) is 4.79 Å². The first-order chi connectivity index (χ1) is 11.0. The molecule has 0 aliphatic carbocycles. The van der Waals surface area contributed by atoms with Crippen LogP contribution in [0.2, 0.25) is 0 Å². The molecular formula is C17H20N2O2S2. The minimum atomic E-state index is -0.341. The topological polar surface area (TPSA) is 50.4 Å². The molecule has 4 nitrogen and oxygen atoms in total. The number of ether oxygens (including phenoxy) is 1. The fourth-order valence-corrected chi connectivity index (χ4v) is 3.82. The van der Waals surface area contributed by atoms with Gasteiger partial charge in [-0.2, -0.15) is 0 Å². The summed E-state index contributed by atoms with van der Waals surface area (Å²) in [5, 5.41) is 7.43. The van der Waals surface area contributed by atoms with Crippen LogP contribution < -0.4 is 10.6 Å². The molecule has 6 heteroatoms. The molecule has 0 bridgehead atoms. The molecule has 1 aromatic heterocycles. The van der Waals surface area contributed by atoms with Crippen LogP contribution in [0, 0.1) is 13.8 Å². The molecule has 0 saturated carbocycles. The smallest absolute Gasteiger partial charge is 0.341 e. The van der Waals surface area contributed by atoms with Crippen LogP contribution in [0.3, 0.4) is 0 Å². The number of methoxy groups -OCH3 is 1. The lowest BCUT2D eigenvalue weighted by Crippen LogP contribution is -2.20. The molecule has 1 heterocycles. The lowest BCUT2D eigenvalue weighted by Gasteiger charge is -2.11. The molecule has 122 valence electrons. The second kappa shape index (κ2) is 7.57. The number of thiocarbonyl (C=S) groups is 1. The third-order valence-electron chi connectivity index (χ3n) is 3.46. The largest absolute Gasteiger partial charge is 0.465 e. The van der Waals surface area contributed by atoms with Crippen LogP contribution in [-0.4, -0.2) is 18.2 Å². The Morgan fingerprint density at radius 3 is 2.65 bits per heavy atom. The number of nitrogens with one attached hydrogen (secondary N) is 2. The van der Waals surface area contributed by atoms with Gasteiger partial charge in [0.15, 0.2) is 5.11 Å². The number of carbonyl (C=O) groups is 1. The van der Waals surface area contributed by atoms with E-state index in [1.807, 2.05) is 45.0 Å². The molecule has 0 saturated heterocycles. The summed E-state index contributed by atoms with van der Waals surface area (Å²) in [6.07, 6.45) is 0.770. The Bertz CT molecular complexity index is 738. The van der Waals surface area contributed by atoms with Crippen LogP contribution in [0.4, 0.5) is 10.7 Å². The lowest BCUT2D eigenvalue weighted by molar-refractivity contribution is 0.0601. The summed E-state index contributed by atoms with van der Waals surface area (Å²) in [5.74, 6) is -0.341. The highest BCUT2D eigenvalue weighted by molar-refractivity contribution is 7.80. The zero-order chi connectivity index (χ0) is 17.0. The molecule has 1 aromatic carbocycles. The van der Waals surface area contributed by atoms with Crippen molar-refractivity contribution in [2.24, 2.45) is 0 Å². The average molecular weight is 348 g/mol. The van der Waals surface area contributed by atoms with Gasteiger partial charge in [-0.15, -0.1) is 11.3 Å². The van der Waals surface area contributed by atoms with Crippen LogP contribution in [-0.2, 0) is 11.2 Å². The fourth-order valence-electron chi connectivity index (χ4n) is 2.40. The van der Waals surface area contributed by atoms with Crippen molar-refractivity contribution in [3.63, 3.8) is 0 Å². The van der Waals surface area contributed by atoms with Crippen molar-refractivity contribution in [1.29, 1.82) is 0 Å². The van der Waals surface area contributed by atoms with Crippen molar-refractivity contribution in [2.75, 3.05) is 17.7 Å². The zero-order valence-electron chi connectivity index (χ0n) is 13.6. The van der Waals surface area contributed by atoms with Gasteiger partial charge in [-0.05, 0) is 55.7 Å². The summed E-state index contributed by atoms with van der Waals surface area (Å²) in [4.78, 5) is 13.2. The van der Waals surface area contributed by atoms with Crippen molar-refractivity contribution in [2.45, 2.75) is 27.2 Å². The van der Waals surface area contributed by atoms with Gasteiger partial charge >= 0.3 is 5.97 Å². The minimum Gasteiger partial charge on any atom is -0.465 e. The van der Waals surface area contributed by atoms with Gasteiger partial charge in [0, 0.05) is 10.6 Å². The third-order valence-corrected chi connectivity index (χ3v) is 4.72. The lowest BCUT2D eigenvalue weighted by atomic mass is 10.1. The summed E-state index contributed by atoms with van der Waals surface area (Å²) in [6, 6.07) is 7.93. The molecule has 2 rings (SSSR count). The maximum Gasteiger partial charge on any atom is 0.341 e. The number of hydrogen-bond acceptors (Lipinski definition) is 4. The van der Waals surface area contributed by atoms with Crippen molar-refractivity contribution in [1.82, 2.24) is 0 Å². The highest BCUT2D eigenvalue weighted by atomic mass is 32.1. The van der Waals surface area contributed by atoms with E-state index in [0.29, 0.717) is 10.7 Å². The van der Waals surface area contributed by atoms with E-state index in [-0.39, 0.29) is 5.97 Å². The number of esters is 1. The predicted octanol–water partition coefficient (Wildman–Crippen LogP) is 4.52. The van der Waals surface area contributed by atoms with Crippen LogP contribution >= 0.6 is 23.6 Å². The van der Waals surface area contributed by atoms with Crippen LogP contribution in [0.5, 0.6) is 0 Å². The van der Waals surface area contributed by atoms with Crippen molar-refractivity contribution >= 4 is 45.3 Å². The second-order valence-electron chi connectivity index (χ2n) is 5.13. The third kappa shape index (κ3) is 4.09. The van der Waals surface area contributed by atoms with Gasteiger partial charge in [0.2, 0.25) is 0 Å². The summed E-state index contributed by atoms with van der Waals surface area (Å²) in [7, 11) is 1.39. The first-order valence-corrected chi connectivity index (χ1v) is 8.54. The maximum atomic E-state index is 12.1. The number of hydrogen-bond donors (Lipinski definition) is 2. The number of thiophene rings is 1. The van der Waals surface area contributed by atoms with Gasteiger partial charge in [0.1, 0.15) is 5.00 Å². The molecule has 0 atom stereocenters. The van der Waals surface area contributed by atoms with E-state index in [1.165, 1.54) is 18.4 Å². The summed E-state index contributed by atoms with van der Waals surface area (Å²) >= 11 is 6.88. The first-order valence-electron chi connectivity index (χ1n) is 7.31. The average Bonchev–Trinajstić information content (AvgIpc) is 2.81. The van der Waals surface area contributed by atoms with Gasteiger partial charge in [-0.3, -0.25) is 0 Å². The summed E-state index contributed by atoms with van der Waals surface area (Å²) < 4.78 is 4.91. The van der Waals surface area contributed by atoms with Gasteiger partial charge in [0.25, 0.3) is 0 Å². The summed E-state index contributed by atoms with van der Waals surface area (Å²) in [5.41, 5.74) is 3.63. The number of rotatable bonds is 4. The predicted molar refractivity (Wildman–Crippen MR) is 101 cm³/mol. The molecule has 0 aliphatic heterocycles. The molecule has 0 radical (unpaired) electrons. The molecular weight excluding hydrogens is 328 g/mol. The molecule has 0 fully saturated rings. The van der Waals surface area contributed by atoms with Gasteiger partial charge in [0.05, 0.1) is 12.7 Å². The highest BCUT2D eigenvalue weighted by Crippen LogP contribution is 2.34. The number of benzene rings is 1. The Hall–Kier alpha value is -1.92. The SMILES string of the molecule is CCc1c(C)sc(NC(=S)Nc2cccc(C)c2)c1C(=O)OC. The maximum absolute atomic E-state index is 12.1. The Labute approximate surface area is 145 Å². The molecule has 2 aromatic rings. The molecule has 2 N–H and O–H groups in total. The van der Waals surface area contributed by atoms with Crippen LogP contribution in [0.15, 0.2) is 24.3 Å². The van der Waals surface area contributed by atoms with Crippen molar-refractivity contribution < 1.29 is 9.53 Å². The number of carbonyl (C=O) groups excluding carboxylic acids is 1. The molecule has 0 amide bonds. The number of anilines is 2. The molecule has 0 aliphatic rings. The van der Waals surface area contributed by atoms with E-state index in [4.69, 9.17) is 17.0 Å². The van der Waals surface area contributed by atoms with E-state index in [2.05, 4.69) is 10.6 Å². The van der Waals surface area contributed by atoms with Crippen LogP contribution in [0.25, 0.3) is 0 Å². The van der Waals surface area contributed by atoms with E-state index in [1.54, 1.807) is 0 Å². The molecule has 0 spiro atoms. The van der Waals surface area contributed by atoms with Gasteiger partial charge < -0.3 is 15.4 Å². The Morgan fingerprint density at radius 2 is 2.04 bits per heavy atom. The summed E-state index contributed by atoms with van der Waals surface area (Å²) in [6.45, 7) is 6.04. The van der Waals surface area contributed by atoms with E-state index in [0.717, 1.165) is 33.1 Å². The Morgan fingerprint density at radius 1 is 1.30 bits per heavy atom. The first kappa shape index (κ1) is 17.4. The zero-order valence-corrected chi connectivity index (χ0v) is 15.3. The Balaban J connectivity index is 2.22. The quantitative estimate of drug-likeness (QED) is 0.628. The van der Waals surface area contributed by atoms with Crippen molar-refractivity contribution in [3.8, 4) is 0 Å². The Kier molecular flexibility index (Phi) is 5.74. The minimum absolute atomic E-state index is 0.341. The molecule has 0 unspecified atom stereocenters. The van der Waals surface area contributed by atoms with E-state index >= 15 is 0 Å². The van der Waals surface area contributed by atoms with Gasteiger partial charge in [-0.1, -0.05) is 19.1 Å². The highest BCUT2D eigenvalue weighted by Gasteiger charge is 2.22. The molecule has 23 heavy (non-hydrogen) atoms. The van der Waals surface area contributed by atoms with Crippen LogP contribution in [0.1, 0.15) is 33.3 Å². The number of aryl methyl sites for hydroxylation is 2. The fraction of sp³-hybridized carbons (Fsp3) is 0.294. The monoisotopic (exact) mass is 348 g/mol. The normalized spacial score (nSPS) is 10.3. The standard InChI is InChI=1S/C17H20N2O2S2/c1-5-13-11(3)23-15(14(13)16(20)21-4)19-17(22)18-12-8-6-7-10(2)9-12/h6-9H,5H2,1-4H3,(H2,18,19,22). The van der Waals surface area contributed by atoms with Gasteiger partial charge in [-0.25, -0.2) is 4.79 Å². The second-order valence-corrected chi connectivity index (χ2v) is 6.77.